The number of benzene rings is 1. The van der Waals surface area contributed by atoms with E-state index in [1.807, 2.05) is 0 Å². The van der Waals surface area contributed by atoms with Gasteiger partial charge in [0.05, 0.1) is 0 Å². The summed E-state index contributed by atoms with van der Waals surface area (Å²) in [6, 6.07) is 4.52. The molecular weight excluding hydrogens is 252 g/mol. The first-order chi connectivity index (χ1) is 6.63. The van der Waals surface area contributed by atoms with E-state index in [4.69, 9.17) is 5.73 Å². The Morgan fingerprint density at radius 1 is 1.43 bits per heavy atom. The van der Waals surface area contributed by atoms with Gasteiger partial charge in [-0.05, 0) is 36.7 Å². The Morgan fingerprint density at radius 2 is 2.14 bits per heavy atom. The van der Waals surface area contributed by atoms with Gasteiger partial charge >= 0.3 is 0 Å². The summed E-state index contributed by atoms with van der Waals surface area (Å²) in [7, 11) is 0. The number of alkyl halides is 1. The zero-order valence-electron chi connectivity index (χ0n) is 7.64. The first-order valence-electron chi connectivity index (χ1n) is 4.41. The highest BCUT2D eigenvalue weighted by Crippen LogP contribution is 2.18. The van der Waals surface area contributed by atoms with E-state index >= 15 is 0 Å². The Hall–Kier alpha value is -0.480. The number of hydrogen-bond donors (Lipinski definition) is 1. The standard InChI is InChI=1S/C10H12BrF2N/c11-8-1-2-10(13)7(5-8)6-9(12)3-4-14/h1-2,5,9H,3-4,6,14H2. The van der Waals surface area contributed by atoms with Crippen molar-refractivity contribution in [3.8, 4) is 0 Å². The van der Waals surface area contributed by atoms with Crippen LogP contribution in [0.25, 0.3) is 0 Å². The molecule has 0 heterocycles. The van der Waals surface area contributed by atoms with E-state index in [-0.39, 0.29) is 25.2 Å². The van der Waals surface area contributed by atoms with Gasteiger partial charge in [0.15, 0.2) is 0 Å². The minimum atomic E-state index is -1.07. The fraction of sp³-hybridized carbons (Fsp3) is 0.400. The maximum absolute atomic E-state index is 13.2. The van der Waals surface area contributed by atoms with Gasteiger partial charge in [0, 0.05) is 10.9 Å². The SMILES string of the molecule is NCCC(F)Cc1cc(Br)ccc1F. The molecule has 78 valence electrons. The third-order valence-corrected chi connectivity index (χ3v) is 2.42. The highest BCUT2D eigenvalue weighted by Gasteiger charge is 2.10. The van der Waals surface area contributed by atoms with Gasteiger partial charge in [-0.1, -0.05) is 15.9 Å². The van der Waals surface area contributed by atoms with Gasteiger partial charge in [0.25, 0.3) is 0 Å². The van der Waals surface area contributed by atoms with Crippen LogP contribution >= 0.6 is 15.9 Å². The summed E-state index contributed by atoms with van der Waals surface area (Å²) in [6.07, 6.45) is -0.710. The number of rotatable bonds is 4. The first kappa shape index (κ1) is 11.6. The normalized spacial score (nSPS) is 12.9. The van der Waals surface area contributed by atoms with Crippen molar-refractivity contribution in [2.45, 2.75) is 19.0 Å². The van der Waals surface area contributed by atoms with Crippen LogP contribution in [0, 0.1) is 5.82 Å². The van der Waals surface area contributed by atoms with Crippen LogP contribution in [0.4, 0.5) is 8.78 Å². The van der Waals surface area contributed by atoms with E-state index in [9.17, 15) is 8.78 Å². The molecule has 1 rings (SSSR count). The van der Waals surface area contributed by atoms with Crippen molar-refractivity contribution in [1.82, 2.24) is 0 Å². The monoisotopic (exact) mass is 263 g/mol. The van der Waals surface area contributed by atoms with E-state index in [1.165, 1.54) is 6.07 Å². The van der Waals surface area contributed by atoms with Crippen LogP contribution < -0.4 is 5.73 Å². The van der Waals surface area contributed by atoms with E-state index < -0.39 is 6.17 Å². The highest BCUT2D eigenvalue weighted by molar-refractivity contribution is 9.10. The van der Waals surface area contributed by atoms with Crippen molar-refractivity contribution < 1.29 is 8.78 Å². The molecule has 0 saturated heterocycles. The molecule has 0 amide bonds. The van der Waals surface area contributed by atoms with Crippen LogP contribution in [0.15, 0.2) is 22.7 Å². The third kappa shape index (κ3) is 3.35. The largest absolute Gasteiger partial charge is 0.330 e. The summed E-state index contributed by atoms with van der Waals surface area (Å²) in [5.74, 6) is -0.368. The Balaban J connectivity index is 2.70. The van der Waals surface area contributed by atoms with Gasteiger partial charge in [0.2, 0.25) is 0 Å². The third-order valence-electron chi connectivity index (χ3n) is 1.93. The van der Waals surface area contributed by atoms with Crippen LogP contribution in [0.1, 0.15) is 12.0 Å². The zero-order chi connectivity index (χ0) is 10.6. The van der Waals surface area contributed by atoms with Crippen LogP contribution in [0.2, 0.25) is 0 Å². The number of halogens is 3. The summed E-state index contributed by atoms with van der Waals surface area (Å²) >= 11 is 3.21. The Kier molecular flexibility index (Phi) is 4.48. The van der Waals surface area contributed by atoms with E-state index in [1.54, 1.807) is 12.1 Å². The van der Waals surface area contributed by atoms with Gasteiger partial charge in [0.1, 0.15) is 12.0 Å². The van der Waals surface area contributed by atoms with Crippen molar-refractivity contribution in [2.24, 2.45) is 5.73 Å². The number of hydrogen-bond acceptors (Lipinski definition) is 1. The van der Waals surface area contributed by atoms with Crippen LogP contribution in [0.3, 0.4) is 0 Å². The molecule has 1 atom stereocenters. The molecule has 0 aliphatic carbocycles. The second-order valence-electron chi connectivity index (χ2n) is 3.11. The lowest BCUT2D eigenvalue weighted by molar-refractivity contribution is 0.313. The lowest BCUT2D eigenvalue weighted by Gasteiger charge is -2.07. The molecule has 4 heteroatoms. The maximum Gasteiger partial charge on any atom is 0.126 e. The van der Waals surface area contributed by atoms with Gasteiger partial charge in [-0.3, -0.25) is 0 Å². The summed E-state index contributed by atoms with van der Waals surface area (Å²) < 4.78 is 27.0. The molecular formula is C10H12BrF2N. The van der Waals surface area contributed by atoms with E-state index in [0.29, 0.717) is 5.56 Å². The van der Waals surface area contributed by atoms with Crippen LogP contribution in [-0.2, 0) is 6.42 Å². The Bertz CT molecular complexity index is 304. The summed E-state index contributed by atoms with van der Waals surface area (Å²) in [5, 5.41) is 0. The Morgan fingerprint density at radius 3 is 2.79 bits per heavy atom. The lowest BCUT2D eigenvalue weighted by atomic mass is 10.1. The quantitative estimate of drug-likeness (QED) is 0.889. The van der Waals surface area contributed by atoms with E-state index in [2.05, 4.69) is 15.9 Å². The van der Waals surface area contributed by atoms with Crippen molar-refractivity contribution in [3.63, 3.8) is 0 Å². The summed E-state index contributed by atoms with van der Waals surface area (Å²) in [4.78, 5) is 0. The molecule has 0 aliphatic rings. The minimum Gasteiger partial charge on any atom is -0.330 e. The van der Waals surface area contributed by atoms with Crippen LogP contribution in [0.5, 0.6) is 0 Å². The molecule has 14 heavy (non-hydrogen) atoms. The maximum atomic E-state index is 13.2. The van der Waals surface area contributed by atoms with Gasteiger partial charge < -0.3 is 5.73 Å². The highest BCUT2D eigenvalue weighted by atomic mass is 79.9. The first-order valence-corrected chi connectivity index (χ1v) is 5.21. The number of nitrogens with two attached hydrogens (primary N) is 1. The predicted octanol–water partition coefficient (Wildman–Crippen LogP) is 2.82. The smallest absolute Gasteiger partial charge is 0.126 e. The van der Waals surface area contributed by atoms with Gasteiger partial charge in [-0.2, -0.15) is 0 Å². The molecule has 0 bridgehead atoms. The van der Waals surface area contributed by atoms with Crippen molar-refractivity contribution in [1.29, 1.82) is 0 Å². The minimum absolute atomic E-state index is 0.0858. The average molecular weight is 264 g/mol. The second-order valence-corrected chi connectivity index (χ2v) is 4.03. The fourth-order valence-corrected chi connectivity index (χ4v) is 1.63. The van der Waals surface area contributed by atoms with Gasteiger partial charge in [-0.25, -0.2) is 8.78 Å². The zero-order valence-corrected chi connectivity index (χ0v) is 9.23. The average Bonchev–Trinajstić information content (AvgIpc) is 2.12. The molecule has 0 aliphatic heterocycles. The molecule has 1 aromatic carbocycles. The molecule has 0 radical (unpaired) electrons. The van der Waals surface area contributed by atoms with Gasteiger partial charge in [-0.15, -0.1) is 0 Å². The summed E-state index contributed by atoms with van der Waals surface area (Å²) in [5.41, 5.74) is 5.60. The lowest BCUT2D eigenvalue weighted by Crippen LogP contribution is -2.12. The van der Waals surface area contributed by atoms with Crippen molar-refractivity contribution in [2.75, 3.05) is 6.54 Å². The Labute approximate surface area is 90.4 Å². The fourth-order valence-electron chi connectivity index (χ4n) is 1.22. The summed E-state index contributed by atoms with van der Waals surface area (Å²) in [6.45, 7) is 0.288. The molecule has 0 fully saturated rings. The molecule has 0 aromatic heterocycles. The molecule has 1 aromatic rings. The topological polar surface area (TPSA) is 26.0 Å². The van der Waals surface area contributed by atoms with Crippen LogP contribution in [-0.4, -0.2) is 12.7 Å². The van der Waals surface area contributed by atoms with E-state index in [0.717, 1.165) is 4.47 Å². The van der Waals surface area contributed by atoms with Crippen molar-refractivity contribution >= 4 is 15.9 Å². The second kappa shape index (κ2) is 5.41. The molecule has 1 nitrogen and oxygen atoms in total. The molecule has 0 saturated carbocycles. The van der Waals surface area contributed by atoms with Crippen molar-refractivity contribution in [3.05, 3.63) is 34.1 Å². The molecule has 2 N–H and O–H groups in total. The predicted molar refractivity (Wildman–Crippen MR) is 56.4 cm³/mol. The molecule has 0 spiro atoms. The molecule has 1 unspecified atom stereocenters.